The Bertz CT molecular complexity index is 318. The number of rotatable bonds is 7. The van der Waals surface area contributed by atoms with Gasteiger partial charge in [-0.25, -0.2) is 4.79 Å². The van der Waals surface area contributed by atoms with Crippen LogP contribution in [0.2, 0.25) is 0 Å². The molecule has 3 nitrogen and oxygen atoms in total. The van der Waals surface area contributed by atoms with Crippen LogP contribution in [0.25, 0.3) is 0 Å². The van der Waals surface area contributed by atoms with Gasteiger partial charge in [-0.2, -0.15) is 0 Å². The van der Waals surface area contributed by atoms with Crippen molar-refractivity contribution >= 4 is 6.03 Å². The Hall–Kier alpha value is -0.730. The molecule has 114 valence electrons. The van der Waals surface area contributed by atoms with Crippen LogP contribution in [0.3, 0.4) is 0 Å². The molecular weight excluding hydrogens is 248 g/mol. The highest BCUT2D eigenvalue weighted by atomic mass is 16.2. The van der Waals surface area contributed by atoms with Crippen LogP contribution < -0.4 is 5.32 Å². The van der Waals surface area contributed by atoms with Gasteiger partial charge in [0.25, 0.3) is 0 Å². The van der Waals surface area contributed by atoms with Crippen LogP contribution in [0, 0.1) is 17.8 Å². The zero-order valence-corrected chi connectivity index (χ0v) is 12.9. The number of amides is 2. The highest BCUT2D eigenvalue weighted by Gasteiger charge is 2.44. The predicted molar refractivity (Wildman–Crippen MR) is 81.6 cm³/mol. The lowest BCUT2D eigenvalue weighted by molar-refractivity contribution is 0.174. The van der Waals surface area contributed by atoms with Crippen molar-refractivity contribution in [2.75, 3.05) is 13.6 Å². The molecule has 3 aliphatic carbocycles. The molecule has 2 amide bonds. The third-order valence-corrected chi connectivity index (χ3v) is 5.52. The first-order valence-electron chi connectivity index (χ1n) is 8.76. The Balaban J connectivity index is 1.34. The number of carbonyl (C=O) groups excluding carboxylic acids is 1. The molecule has 3 aliphatic rings. The summed E-state index contributed by atoms with van der Waals surface area (Å²) in [6, 6.07) is 0.699. The average Bonchev–Trinajstić information content (AvgIpc) is 3.38. The first-order chi connectivity index (χ1) is 9.75. The highest BCUT2D eigenvalue weighted by Crippen LogP contribution is 2.46. The van der Waals surface area contributed by atoms with Gasteiger partial charge in [0.1, 0.15) is 0 Å². The number of urea groups is 1. The maximum absolute atomic E-state index is 12.3. The van der Waals surface area contributed by atoms with Gasteiger partial charge in [0.05, 0.1) is 0 Å². The second-order valence-electron chi connectivity index (χ2n) is 7.30. The van der Waals surface area contributed by atoms with E-state index in [1.54, 1.807) is 0 Å². The predicted octanol–water partition coefficient (Wildman–Crippen LogP) is 3.79. The van der Waals surface area contributed by atoms with Gasteiger partial charge in [-0.3, -0.25) is 0 Å². The molecule has 0 spiro atoms. The van der Waals surface area contributed by atoms with Crippen molar-refractivity contribution in [1.82, 2.24) is 10.2 Å². The van der Waals surface area contributed by atoms with E-state index in [0.717, 1.165) is 30.7 Å². The summed E-state index contributed by atoms with van der Waals surface area (Å²) >= 11 is 0. The maximum atomic E-state index is 12.3. The minimum atomic E-state index is 0.167. The SMILES string of the molecule is CN(C(=O)NCCCC1CCCC1)C(C1CC1)C1CC1. The van der Waals surface area contributed by atoms with Crippen LogP contribution in [0.5, 0.6) is 0 Å². The molecule has 20 heavy (non-hydrogen) atoms. The Kier molecular flexibility index (Phi) is 4.52. The van der Waals surface area contributed by atoms with Crippen LogP contribution in [0.4, 0.5) is 4.79 Å². The second kappa shape index (κ2) is 6.36. The van der Waals surface area contributed by atoms with Crippen molar-refractivity contribution < 1.29 is 4.79 Å². The lowest BCUT2D eigenvalue weighted by Crippen LogP contribution is -2.46. The molecular formula is C17H30N2O. The molecule has 0 radical (unpaired) electrons. The summed E-state index contributed by atoms with van der Waals surface area (Å²) in [5.41, 5.74) is 0. The number of nitrogens with zero attached hydrogens (tertiary/aromatic N) is 1. The van der Waals surface area contributed by atoms with E-state index in [2.05, 4.69) is 5.32 Å². The van der Waals surface area contributed by atoms with E-state index in [4.69, 9.17) is 0 Å². The normalized spacial score (nSPS) is 23.3. The molecule has 3 fully saturated rings. The van der Waals surface area contributed by atoms with Gasteiger partial charge in [-0.1, -0.05) is 25.7 Å². The van der Waals surface area contributed by atoms with E-state index in [1.807, 2.05) is 11.9 Å². The quantitative estimate of drug-likeness (QED) is 0.706. The van der Waals surface area contributed by atoms with Crippen molar-refractivity contribution in [3.63, 3.8) is 0 Å². The Morgan fingerprint density at radius 1 is 1.10 bits per heavy atom. The molecule has 0 aromatic carbocycles. The van der Waals surface area contributed by atoms with E-state index in [-0.39, 0.29) is 6.03 Å². The Morgan fingerprint density at radius 3 is 2.25 bits per heavy atom. The number of carbonyl (C=O) groups is 1. The van der Waals surface area contributed by atoms with Crippen LogP contribution >= 0.6 is 0 Å². The van der Waals surface area contributed by atoms with Gasteiger partial charge in [-0.15, -0.1) is 0 Å². The number of hydrogen-bond acceptors (Lipinski definition) is 1. The second-order valence-corrected chi connectivity index (χ2v) is 7.30. The molecule has 0 bridgehead atoms. The molecule has 3 rings (SSSR count). The first-order valence-corrected chi connectivity index (χ1v) is 8.76. The maximum Gasteiger partial charge on any atom is 0.317 e. The zero-order chi connectivity index (χ0) is 13.9. The molecule has 3 saturated carbocycles. The van der Waals surface area contributed by atoms with Crippen molar-refractivity contribution in [2.24, 2.45) is 17.8 Å². The fourth-order valence-electron chi connectivity index (χ4n) is 4.04. The van der Waals surface area contributed by atoms with Gasteiger partial charge in [0.15, 0.2) is 0 Å². The molecule has 0 unspecified atom stereocenters. The van der Waals surface area contributed by atoms with E-state index in [9.17, 15) is 4.79 Å². The Labute approximate surface area is 123 Å². The summed E-state index contributed by atoms with van der Waals surface area (Å²) in [4.78, 5) is 14.3. The van der Waals surface area contributed by atoms with Crippen molar-refractivity contribution in [1.29, 1.82) is 0 Å². The molecule has 0 saturated heterocycles. The lowest BCUT2D eigenvalue weighted by atomic mass is 10.0. The summed E-state index contributed by atoms with van der Waals surface area (Å²) in [7, 11) is 2.01. The molecule has 1 N–H and O–H groups in total. The van der Waals surface area contributed by atoms with E-state index < -0.39 is 0 Å². The van der Waals surface area contributed by atoms with E-state index in [1.165, 1.54) is 57.8 Å². The molecule has 0 atom stereocenters. The van der Waals surface area contributed by atoms with Gasteiger partial charge >= 0.3 is 6.03 Å². The third-order valence-electron chi connectivity index (χ3n) is 5.52. The third kappa shape index (κ3) is 3.67. The van der Waals surface area contributed by atoms with Gasteiger partial charge < -0.3 is 10.2 Å². The summed E-state index contributed by atoms with van der Waals surface area (Å²) in [5, 5.41) is 3.14. The highest BCUT2D eigenvalue weighted by molar-refractivity contribution is 5.74. The molecule has 3 heteroatoms. The fourth-order valence-corrected chi connectivity index (χ4v) is 4.04. The minimum absolute atomic E-state index is 0.167. The topological polar surface area (TPSA) is 32.3 Å². The smallest absolute Gasteiger partial charge is 0.317 e. The van der Waals surface area contributed by atoms with Crippen molar-refractivity contribution in [3.05, 3.63) is 0 Å². The van der Waals surface area contributed by atoms with Gasteiger partial charge in [0.2, 0.25) is 0 Å². The summed E-state index contributed by atoms with van der Waals surface area (Å²) in [6.07, 6.45) is 13.5. The van der Waals surface area contributed by atoms with Crippen LogP contribution in [-0.2, 0) is 0 Å². The van der Waals surface area contributed by atoms with Gasteiger partial charge in [-0.05, 0) is 56.3 Å². The summed E-state index contributed by atoms with van der Waals surface area (Å²) in [6.45, 7) is 0.863. The van der Waals surface area contributed by atoms with Crippen molar-refractivity contribution in [2.45, 2.75) is 70.3 Å². The van der Waals surface area contributed by atoms with Gasteiger partial charge in [0, 0.05) is 19.6 Å². The first kappa shape index (κ1) is 14.2. The standard InChI is InChI=1S/C17H30N2O/c1-19(16(14-8-9-14)15-10-11-15)17(20)18-12-4-7-13-5-2-3-6-13/h13-16H,2-12H2,1H3,(H,18,20). The van der Waals surface area contributed by atoms with Crippen molar-refractivity contribution in [3.8, 4) is 0 Å². The summed E-state index contributed by atoms with van der Waals surface area (Å²) < 4.78 is 0. The van der Waals surface area contributed by atoms with Crippen LogP contribution in [-0.4, -0.2) is 30.6 Å². The number of hydrogen-bond donors (Lipinski definition) is 1. The summed E-state index contributed by atoms with van der Waals surface area (Å²) in [5.74, 6) is 2.55. The minimum Gasteiger partial charge on any atom is -0.338 e. The average molecular weight is 278 g/mol. The lowest BCUT2D eigenvalue weighted by Gasteiger charge is -2.28. The zero-order valence-electron chi connectivity index (χ0n) is 12.9. The van der Waals surface area contributed by atoms with E-state index >= 15 is 0 Å². The van der Waals surface area contributed by atoms with Crippen LogP contribution in [0.1, 0.15) is 64.2 Å². The Morgan fingerprint density at radius 2 is 1.70 bits per heavy atom. The number of nitrogens with one attached hydrogen (secondary N) is 1. The largest absolute Gasteiger partial charge is 0.338 e. The van der Waals surface area contributed by atoms with Crippen LogP contribution in [0.15, 0.2) is 0 Å². The molecule has 0 aliphatic heterocycles. The molecule has 0 aromatic heterocycles. The molecule has 0 aromatic rings. The molecule has 0 heterocycles. The fraction of sp³-hybridized carbons (Fsp3) is 0.941. The monoisotopic (exact) mass is 278 g/mol. The van der Waals surface area contributed by atoms with E-state index in [0.29, 0.717) is 6.04 Å².